The fourth-order valence-electron chi connectivity index (χ4n) is 2.30. The summed E-state index contributed by atoms with van der Waals surface area (Å²) in [7, 11) is 0. The van der Waals surface area contributed by atoms with Gasteiger partial charge in [-0.1, -0.05) is 6.92 Å². The predicted octanol–water partition coefficient (Wildman–Crippen LogP) is -0.0806. The van der Waals surface area contributed by atoms with E-state index in [1.807, 2.05) is 13.8 Å². The summed E-state index contributed by atoms with van der Waals surface area (Å²) in [5, 5.41) is 9.11. The minimum Gasteiger partial charge on any atom is -0.481 e. The number of rotatable bonds is 6. The van der Waals surface area contributed by atoms with Crippen LogP contribution in [0.4, 0.5) is 0 Å². The number of amides is 1. The van der Waals surface area contributed by atoms with Crippen LogP contribution in [0.25, 0.3) is 0 Å². The number of likely N-dealkylation sites (N-methyl/N-ethyl adjacent to an activating group) is 1. The van der Waals surface area contributed by atoms with E-state index in [0.717, 1.165) is 0 Å². The second-order valence-corrected chi connectivity index (χ2v) is 4.65. The molecule has 1 amide bonds. The van der Waals surface area contributed by atoms with Crippen molar-refractivity contribution in [2.75, 3.05) is 26.3 Å². The minimum absolute atomic E-state index is 0.0373. The molecule has 0 radical (unpaired) electrons. The van der Waals surface area contributed by atoms with Gasteiger partial charge in [0, 0.05) is 12.5 Å². The molecular formula is C12H22N2O4. The lowest BCUT2D eigenvalue weighted by atomic mass is 9.99. The molecule has 0 saturated carbocycles. The molecule has 6 nitrogen and oxygen atoms in total. The van der Waals surface area contributed by atoms with Crippen molar-refractivity contribution in [3.63, 3.8) is 0 Å². The molecule has 3 unspecified atom stereocenters. The number of ether oxygens (including phenoxy) is 1. The van der Waals surface area contributed by atoms with Crippen molar-refractivity contribution in [2.45, 2.75) is 26.3 Å². The summed E-state index contributed by atoms with van der Waals surface area (Å²) in [6.07, 6.45) is 0.612. The molecule has 1 aliphatic rings. The Morgan fingerprint density at radius 2 is 2.17 bits per heavy atom. The van der Waals surface area contributed by atoms with Gasteiger partial charge in [0.1, 0.15) is 5.92 Å². The Balaban J connectivity index is 2.76. The molecule has 0 spiro atoms. The number of hydrogen-bond donors (Lipinski definition) is 2. The van der Waals surface area contributed by atoms with Crippen molar-refractivity contribution in [3.8, 4) is 0 Å². The third-order valence-corrected chi connectivity index (χ3v) is 3.41. The lowest BCUT2D eigenvalue weighted by molar-refractivity contribution is -0.146. The summed E-state index contributed by atoms with van der Waals surface area (Å²) in [6, 6.07) is -0.361. The van der Waals surface area contributed by atoms with Crippen LogP contribution in [0.3, 0.4) is 0 Å². The molecule has 1 aliphatic heterocycles. The molecule has 0 aromatic carbocycles. The van der Waals surface area contributed by atoms with Crippen LogP contribution in [-0.2, 0) is 14.3 Å². The molecule has 1 fully saturated rings. The van der Waals surface area contributed by atoms with Crippen molar-refractivity contribution < 1.29 is 19.4 Å². The van der Waals surface area contributed by atoms with E-state index < -0.39 is 11.9 Å². The maximum Gasteiger partial charge on any atom is 0.311 e. The quantitative estimate of drug-likeness (QED) is 0.695. The Morgan fingerprint density at radius 1 is 1.50 bits per heavy atom. The van der Waals surface area contributed by atoms with E-state index >= 15 is 0 Å². The van der Waals surface area contributed by atoms with Crippen molar-refractivity contribution in [1.29, 1.82) is 0 Å². The molecular weight excluding hydrogens is 236 g/mol. The summed E-state index contributed by atoms with van der Waals surface area (Å²) in [6.45, 7) is 5.09. The lowest BCUT2D eigenvalue weighted by Gasteiger charge is -2.31. The summed E-state index contributed by atoms with van der Waals surface area (Å²) in [4.78, 5) is 25.0. The first kappa shape index (κ1) is 14.9. The number of carboxylic acid groups (broad SMARTS) is 1. The SMILES string of the molecule is CCN(C(=O)C(C)CCN)C1COCC1C(=O)O. The maximum absolute atomic E-state index is 12.2. The summed E-state index contributed by atoms with van der Waals surface area (Å²) in [5.41, 5.74) is 5.45. The van der Waals surface area contributed by atoms with Gasteiger partial charge in [0.05, 0.1) is 19.3 Å². The molecule has 6 heteroatoms. The van der Waals surface area contributed by atoms with Crippen LogP contribution in [0.15, 0.2) is 0 Å². The van der Waals surface area contributed by atoms with Gasteiger partial charge in [-0.3, -0.25) is 9.59 Å². The molecule has 18 heavy (non-hydrogen) atoms. The number of aliphatic carboxylic acids is 1. The Kier molecular flexibility index (Phi) is 5.55. The molecule has 0 aromatic heterocycles. The van der Waals surface area contributed by atoms with E-state index in [4.69, 9.17) is 15.6 Å². The Hall–Kier alpha value is -1.14. The van der Waals surface area contributed by atoms with E-state index in [9.17, 15) is 9.59 Å². The van der Waals surface area contributed by atoms with Gasteiger partial charge in [-0.25, -0.2) is 0 Å². The third kappa shape index (κ3) is 3.20. The highest BCUT2D eigenvalue weighted by molar-refractivity contribution is 5.80. The van der Waals surface area contributed by atoms with Crippen molar-refractivity contribution in [3.05, 3.63) is 0 Å². The van der Waals surface area contributed by atoms with Crippen LogP contribution >= 0.6 is 0 Å². The highest BCUT2D eigenvalue weighted by atomic mass is 16.5. The van der Waals surface area contributed by atoms with Crippen LogP contribution in [0.1, 0.15) is 20.3 Å². The molecule has 0 aromatic rings. The van der Waals surface area contributed by atoms with Gasteiger partial charge in [0.15, 0.2) is 0 Å². The zero-order valence-electron chi connectivity index (χ0n) is 11.0. The van der Waals surface area contributed by atoms with Gasteiger partial charge in [-0.05, 0) is 19.9 Å². The number of carbonyl (C=O) groups is 2. The van der Waals surface area contributed by atoms with Crippen LogP contribution in [-0.4, -0.2) is 54.2 Å². The number of carbonyl (C=O) groups excluding carboxylic acids is 1. The molecule has 0 aliphatic carbocycles. The average Bonchev–Trinajstić information content (AvgIpc) is 2.79. The van der Waals surface area contributed by atoms with E-state index in [1.165, 1.54) is 0 Å². The number of nitrogens with zero attached hydrogens (tertiary/aromatic N) is 1. The number of carboxylic acids is 1. The van der Waals surface area contributed by atoms with Crippen LogP contribution in [0, 0.1) is 11.8 Å². The minimum atomic E-state index is -0.907. The Bertz CT molecular complexity index is 308. The smallest absolute Gasteiger partial charge is 0.311 e. The molecule has 1 saturated heterocycles. The molecule has 3 N–H and O–H groups in total. The van der Waals surface area contributed by atoms with Gasteiger partial charge >= 0.3 is 5.97 Å². The zero-order valence-corrected chi connectivity index (χ0v) is 11.0. The van der Waals surface area contributed by atoms with Crippen LogP contribution < -0.4 is 5.73 Å². The maximum atomic E-state index is 12.2. The standard InChI is InChI=1S/C12H22N2O4/c1-3-14(11(15)8(2)4-5-13)10-7-18-6-9(10)12(16)17/h8-10H,3-7,13H2,1-2H3,(H,16,17). The largest absolute Gasteiger partial charge is 0.481 e. The highest BCUT2D eigenvalue weighted by Gasteiger charge is 2.40. The normalized spacial score (nSPS) is 24.8. The Morgan fingerprint density at radius 3 is 2.67 bits per heavy atom. The van der Waals surface area contributed by atoms with E-state index in [-0.39, 0.29) is 24.5 Å². The first-order chi connectivity index (χ1) is 8.52. The molecule has 1 heterocycles. The van der Waals surface area contributed by atoms with Crippen molar-refractivity contribution in [1.82, 2.24) is 4.90 Å². The van der Waals surface area contributed by atoms with Gasteiger partial charge < -0.3 is 20.5 Å². The summed E-state index contributed by atoms with van der Waals surface area (Å²) >= 11 is 0. The summed E-state index contributed by atoms with van der Waals surface area (Å²) in [5.74, 6) is -1.75. The van der Waals surface area contributed by atoms with Gasteiger partial charge in [0.25, 0.3) is 0 Å². The van der Waals surface area contributed by atoms with Crippen molar-refractivity contribution in [2.24, 2.45) is 17.6 Å². The fourth-order valence-corrected chi connectivity index (χ4v) is 2.30. The average molecular weight is 258 g/mol. The van der Waals surface area contributed by atoms with Gasteiger partial charge in [-0.15, -0.1) is 0 Å². The lowest BCUT2D eigenvalue weighted by Crippen LogP contribution is -2.48. The first-order valence-corrected chi connectivity index (χ1v) is 6.34. The van der Waals surface area contributed by atoms with E-state index in [0.29, 0.717) is 26.1 Å². The monoisotopic (exact) mass is 258 g/mol. The molecule has 1 rings (SSSR count). The third-order valence-electron chi connectivity index (χ3n) is 3.41. The number of hydrogen-bond acceptors (Lipinski definition) is 4. The van der Waals surface area contributed by atoms with Crippen molar-refractivity contribution >= 4 is 11.9 Å². The molecule has 0 bridgehead atoms. The highest BCUT2D eigenvalue weighted by Crippen LogP contribution is 2.22. The van der Waals surface area contributed by atoms with Crippen LogP contribution in [0.5, 0.6) is 0 Å². The first-order valence-electron chi connectivity index (χ1n) is 6.34. The summed E-state index contributed by atoms with van der Waals surface area (Å²) < 4.78 is 5.20. The van der Waals surface area contributed by atoms with E-state index in [1.54, 1.807) is 4.90 Å². The topological polar surface area (TPSA) is 92.9 Å². The predicted molar refractivity (Wildman–Crippen MR) is 66.0 cm³/mol. The van der Waals surface area contributed by atoms with Crippen LogP contribution in [0.2, 0.25) is 0 Å². The van der Waals surface area contributed by atoms with Gasteiger partial charge in [0.2, 0.25) is 5.91 Å². The van der Waals surface area contributed by atoms with E-state index in [2.05, 4.69) is 0 Å². The zero-order chi connectivity index (χ0) is 13.7. The number of nitrogens with two attached hydrogens (primary N) is 1. The fraction of sp³-hybridized carbons (Fsp3) is 0.833. The second-order valence-electron chi connectivity index (χ2n) is 4.65. The molecule has 3 atom stereocenters. The second kappa shape index (κ2) is 6.70. The van der Waals surface area contributed by atoms with Gasteiger partial charge in [-0.2, -0.15) is 0 Å². The Labute approximate surface area is 107 Å². The molecule has 104 valence electrons.